The van der Waals surface area contributed by atoms with E-state index in [0.29, 0.717) is 22.4 Å². The number of hydrogen-bond donors (Lipinski definition) is 0. The van der Waals surface area contributed by atoms with Gasteiger partial charge in [0.15, 0.2) is 5.78 Å². The molecule has 35 heavy (non-hydrogen) atoms. The van der Waals surface area contributed by atoms with Crippen molar-refractivity contribution < 1.29 is 18.7 Å². The number of carbonyl (C=O) groups is 1. The number of methoxy groups -OCH3 is 2. The topological polar surface area (TPSA) is 87.3 Å². The van der Waals surface area contributed by atoms with E-state index in [2.05, 4.69) is 10.2 Å². The zero-order chi connectivity index (χ0) is 24.2. The average molecular weight is 484 g/mol. The zero-order valence-electron chi connectivity index (χ0n) is 19.1. The number of carbonyl (C=O) groups excluding carboxylic acids is 1. The van der Waals surface area contributed by atoms with Crippen molar-refractivity contribution in [1.82, 2.24) is 15.2 Å². The first-order valence-electron chi connectivity index (χ1n) is 10.8. The molecule has 2 heterocycles. The summed E-state index contributed by atoms with van der Waals surface area (Å²) in [6.45, 7) is 0. The summed E-state index contributed by atoms with van der Waals surface area (Å²) in [4.78, 5) is 17.3. The third-order valence-corrected chi connectivity index (χ3v) is 6.28. The van der Waals surface area contributed by atoms with E-state index < -0.39 is 0 Å². The maximum atomic E-state index is 12.4. The van der Waals surface area contributed by atoms with Crippen LogP contribution in [-0.2, 0) is 0 Å². The van der Waals surface area contributed by atoms with Gasteiger partial charge in [0.05, 0.1) is 36.7 Å². The summed E-state index contributed by atoms with van der Waals surface area (Å²) in [5.74, 6) is 2.00. The fraction of sp³-hybridized carbons (Fsp3) is 0.111. The molecule has 5 rings (SSSR count). The molecule has 5 aromatic rings. The minimum Gasteiger partial charge on any atom is -0.497 e. The van der Waals surface area contributed by atoms with E-state index >= 15 is 0 Å². The number of fused-ring (bicyclic) bond motifs is 1. The summed E-state index contributed by atoms with van der Waals surface area (Å²) in [6, 6.07) is 24.4. The highest BCUT2D eigenvalue weighted by molar-refractivity contribution is 7.99. The van der Waals surface area contributed by atoms with Crippen LogP contribution in [0.4, 0.5) is 0 Å². The number of pyridine rings is 1. The van der Waals surface area contributed by atoms with Crippen molar-refractivity contribution >= 4 is 28.4 Å². The highest BCUT2D eigenvalue weighted by atomic mass is 32.2. The fourth-order valence-corrected chi connectivity index (χ4v) is 4.29. The van der Waals surface area contributed by atoms with E-state index in [-0.39, 0.29) is 11.5 Å². The molecule has 0 N–H and O–H groups in total. The summed E-state index contributed by atoms with van der Waals surface area (Å²) < 4.78 is 16.7. The van der Waals surface area contributed by atoms with Crippen LogP contribution >= 0.6 is 11.8 Å². The van der Waals surface area contributed by atoms with Crippen LogP contribution in [0.15, 0.2) is 88.5 Å². The standard InChI is InChI=1S/C27H21N3O4S/c1-32-19-10-8-17(9-11-19)24-15-22(21-14-20(33-2)12-13-23(21)28-24)26-29-30-27(34-26)35-16-25(31)18-6-4-3-5-7-18/h3-15H,16H2,1-2H3. The molecule has 0 aliphatic heterocycles. The molecule has 3 aromatic carbocycles. The number of ketones is 1. The Kier molecular flexibility index (Phi) is 6.45. The summed E-state index contributed by atoms with van der Waals surface area (Å²) in [5.41, 5.74) is 3.82. The molecule has 0 unspecified atom stereocenters. The maximum absolute atomic E-state index is 12.4. The van der Waals surface area contributed by atoms with Crippen LogP contribution in [-0.4, -0.2) is 40.9 Å². The second-order valence-electron chi connectivity index (χ2n) is 7.62. The molecular weight excluding hydrogens is 462 g/mol. The number of thioether (sulfide) groups is 1. The zero-order valence-corrected chi connectivity index (χ0v) is 19.9. The minimum atomic E-state index is -0.00348. The first kappa shape index (κ1) is 22.6. The molecule has 0 atom stereocenters. The van der Waals surface area contributed by atoms with Crippen LogP contribution in [0.3, 0.4) is 0 Å². The van der Waals surface area contributed by atoms with E-state index in [0.717, 1.165) is 33.5 Å². The predicted molar refractivity (Wildman–Crippen MR) is 135 cm³/mol. The van der Waals surface area contributed by atoms with Crippen molar-refractivity contribution in [3.63, 3.8) is 0 Å². The Morgan fingerprint density at radius 1 is 0.886 bits per heavy atom. The molecule has 0 bridgehead atoms. The Balaban J connectivity index is 1.49. The molecule has 7 nitrogen and oxygen atoms in total. The molecule has 2 aromatic heterocycles. The van der Waals surface area contributed by atoms with E-state index in [4.69, 9.17) is 18.9 Å². The molecule has 0 saturated carbocycles. The average Bonchev–Trinajstić information content (AvgIpc) is 3.40. The molecule has 174 valence electrons. The van der Waals surface area contributed by atoms with Crippen molar-refractivity contribution in [1.29, 1.82) is 0 Å². The van der Waals surface area contributed by atoms with Gasteiger partial charge in [-0.3, -0.25) is 4.79 Å². The van der Waals surface area contributed by atoms with Crippen LogP contribution in [0, 0.1) is 0 Å². The van der Waals surface area contributed by atoms with Gasteiger partial charge < -0.3 is 13.9 Å². The smallest absolute Gasteiger partial charge is 0.277 e. The normalized spacial score (nSPS) is 10.9. The minimum absolute atomic E-state index is 0.00348. The van der Waals surface area contributed by atoms with E-state index in [9.17, 15) is 4.79 Å². The first-order valence-corrected chi connectivity index (χ1v) is 11.8. The van der Waals surface area contributed by atoms with Gasteiger partial charge in [0.1, 0.15) is 11.5 Å². The van der Waals surface area contributed by atoms with Crippen LogP contribution in [0.25, 0.3) is 33.6 Å². The number of Topliss-reactive ketones (excluding diaryl/α,β-unsaturated/α-hetero) is 1. The van der Waals surface area contributed by atoms with E-state index in [1.165, 1.54) is 11.8 Å². The van der Waals surface area contributed by atoms with Gasteiger partial charge in [-0.25, -0.2) is 4.98 Å². The highest BCUT2D eigenvalue weighted by Gasteiger charge is 2.17. The number of rotatable bonds is 8. The number of nitrogens with zero attached hydrogens (tertiary/aromatic N) is 3. The summed E-state index contributed by atoms with van der Waals surface area (Å²) in [6.07, 6.45) is 0. The predicted octanol–water partition coefficient (Wildman–Crippen LogP) is 5.94. The molecule has 0 aliphatic carbocycles. The number of hydrogen-bond acceptors (Lipinski definition) is 8. The van der Waals surface area contributed by atoms with Gasteiger partial charge in [0.25, 0.3) is 5.22 Å². The SMILES string of the molecule is COc1ccc(-c2cc(-c3nnc(SCC(=O)c4ccccc4)o3)c3cc(OC)ccc3n2)cc1. The van der Waals surface area contributed by atoms with Crippen molar-refractivity contribution in [3.8, 4) is 34.2 Å². The Labute approximate surface area is 206 Å². The maximum Gasteiger partial charge on any atom is 0.277 e. The molecule has 0 fully saturated rings. The van der Waals surface area contributed by atoms with Gasteiger partial charge in [-0.2, -0.15) is 0 Å². The second kappa shape index (κ2) is 9.99. The van der Waals surface area contributed by atoms with E-state index in [1.807, 2.05) is 66.7 Å². The number of aromatic nitrogens is 3. The van der Waals surface area contributed by atoms with Gasteiger partial charge in [0.2, 0.25) is 5.89 Å². The van der Waals surface area contributed by atoms with Gasteiger partial charge in [-0.05, 0) is 48.5 Å². The molecule has 0 spiro atoms. The van der Waals surface area contributed by atoms with Gasteiger partial charge in [-0.1, -0.05) is 42.1 Å². The lowest BCUT2D eigenvalue weighted by Gasteiger charge is -2.09. The molecular formula is C27H21N3O4S. The van der Waals surface area contributed by atoms with Crippen molar-refractivity contribution in [3.05, 3.63) is 84.4 Å². The third-order valence-electron chi connectivity index (χ3n) is 5.46. The monoisotopic (exact) mass is 483 g/mol. The van der Waals surface area contributed by atoms with E-state index in [1.54, 1.807) is 26.4 Å². The largest absolute Gasteiger partial charge is 0.497 e. The Hall–Kier alpha value is -4.17. The van der Waals surface area contributed by atoms with Gasteiger partial charge in [-0.15, -0.1) is 10.2 Å². The van der Waals surface area contributed by atoms with Crippen molar-refractivity contribution in [2.75, 3.05) is 20.0 Å². The molecule has 0 saturated heterocycles. The molecule has 0 radical (unpaired) electrons. The highest BCUT2D eigenvalue weighted by Crippen LogP contribution is 2.35. The quantitative estimate of drug-likeness (QED) is 0.198. The van der Waals surface area contributed by atoms with Crippen LogP contribution in [0.5, 0.6) is 11.5 Å². The van der Waals surface area contributed by atoms with Crippen molar-refractivity contribution in [2.24, 2.45) is 0 Å². The molecule has 0 aliphatic rings. The van der Waals surface area contributed by atoms with Gasteiger partial charge in [0, 0.05) is 16.5 Å². The van der Waals surface area contributed by atoms with Crippen LogP contribution < -0.4 is 9.47 Å². The van der Waals surface area contributed by atoms with Crippen LogP contribution in [0.1, 0.15) is 10.4 Å². The molecule has 8 heteroatoms. The van der Waals surface area contributed by atoms with Crippen LogP contribution in [0.2, 0.25) is 0 Å². The lowest BCUT2D eigenvalue weighted by atomic mass is 10.0. The van der Waals surface area contributed by atoms with Gasteiger partial charge >= 0.3 is 0 Å². The van der Waals surface area contributed by atoms with Crippen molar-refractivity contribution in [2.45, 2.75) is 5.22 Å². The summed E-state index contributed by atoms with van der Waals surface area (Å²) in [5, 5.41) is 9.57. The second-order valence-corrected chi connectivity index (χ2v) is 8.54. The number of ether oxygens (including phenoxy) is 2. The summed E-state index contributed by atoms with van der Waals surface area (Å²) >= 11 is 1.21. The third kappa shape index (κ3) is 4.88. The Bertz CT molecular complexity index is 1480. The lowest BCUT2D eigenvalue weighted by Crippen LogP contribution is -2.01. The lowest BCUT2D eigenvalue weighted by molar-refractivity contribution is 0.102. The Morgan fingerprint density at radius 3 is 2.37 bits per heavy atom. The molecule has 0 amide bonds. The Morgan fingerprint density at radius 2 is 1.63 bits per heavy atom. The number of benzene rings is 3. The first-order chi connectivity index (χ1) is 17.1. The summed E-state index contributed by atoms with van der Waals surface area (Å²) in [7, 11) is 3.25. The fourth-order valence-electron chi connectivity index (χ4n) is 3.63.